The molecule has 8 heteroatoms. The zero-order chi connectivity index (χ0) is 24.5. The van der Waals surface area contributed by atoms with Gasteiger partial charge >= 0.3 is 0 Å². The number of hydrogen-bond donors (Lipinski definition) is 3. The van der Waals surface area contributed by atoms with Crippen molar-refractivity contribution in [3.63, 3.8) is 0 Å². The standard InChI is InChI=1S/C27H32FN5O2/c28-24-10-8-21(9-11-24)26-23(18-31-32-26)19-33-15-4-7-22(12-14-29-25(34)13-16-33)27(35)30-17-20-5-2-1-3-6-20/h1-3,5-6,8-11,18,22H,4,7,12-17,19H2,(H,29,34)(H,30,35)(H,31,32). The predicted molar refractivity (Wildman–Crippen MR) is 133 cm³/mol. The van der Waals surface area contributed by atoms with Gasteiger partial charge in [0.25, 0.3) is 0 Å². The van der Waals surface area contributed by atoms with Crippen molar-refractivity contribution in [1.29, 1.82) is 0 Å². The molecule has 0 bridgehead atoms. The Morgan fingerprint density at radius 1 is 1.09 bits per heavy atom. The van der Waals surface area contributed by atoms with E-state index < -0.39 is 0 Å². The molecule has 1 atom stereocenters. The Bertz CT molecular complexity index is 1100. The molecule has 3 aromatic rings. The third-order valence-electron chi connectivity index (χ3n) is 6.42. The summed E-state index contributed by atoms with van der Waals surface area (Å²) < 4.78 is 13.3. The number of H-pyrrole nitrogens is 1. The van der Waals surface area contributed by atoms with E-state index >= 15 is 0 Å². The summed E-state index contributed by atoms with van der Waals surface area (Å²) in [5.74, 6) is -0.411. The Hall–Kier alpha value is -3.52. The lowest BCUT2D eigenvalue weighted by molar-refractivity contribution is -0.126. The summed E-state index contributed by atoms with van der Waals surface area (Å²) in [7, 11) is 0. The van der Waals surface area contributed by atoms with Crippen LogP contribution in [0.5, 0.6) is 0 Å². The van der Waals surface area contributed by atoms with Crippen molar-refractivity contribution >= 4 is 11.8 Å². The van der Waals surface area contributed by atoms with E-state index in [4.69, 9.17) is 0 Å². The second-order valence-electron chi connectivity index (χ2n) is 8.98. The molecular weight excluding hydrogens is 445 g/mol. The molecule has 0 spiro atoms. The van der Waals surface area contributed by atoms with Gasteiger partial charge in [0.15, 0.2) is 0 Å². The van der Waals surface area contributed by atoms with Crippen LogP contribution in [0.4, 0.5) is 4.39 Å². The van der Waals surface area contributed by atoms with E-state index in [1.54, 1.807) is 18.3 Å². The minimum atomic E-state index is -0.282. The highest BCUT2D eigenvalue weighted by Gasteiger charge is 2.21. The molecule has 2 heterocycles. The van der Waals surface area contributed by atoms with Crippen LogP contribution in [0.2, 0.25) is 0 Å². The molecule has 4 rings (SSSR count). The highest BCUT2D eigenvalue weighted by molar-refractivity contribution is 5.79. The first-order valence-electron chi connectivity index (χ1n) is 12.2. The van der Waals surface area contributed by atoms with Crippen LogP contribution in [0.3, 0.4) is 0 Å². The number of benzene rings is 2. The van der Waals surface area contributed by atoms with Crippen molar-refractivity contribution in [2.24, 2.45) is 5.92 Å². The molecule has 1 aliphatic heterocycles. The maximum atomic E-state index is 13.3. The minimum Gasteiger partial charge on any atom is -0.356 e. The number of halogens is 1. The lowest BCUT2D eigenvalue weighted by Gasteiger charge is -2.22. The van der Waals surface area contributed by atoms with E-state index in [0.29, 0.717) is 39.0 Å². The summed E-state index contributed by atoms with van der Waals surface area (Å²) in [6.07, 6.45) is 4.41. The first kappa shape index (κ1) is 24.6. The molecule has 0 aliphatic carbocycles. The number of carbonyl (C=O) groups excluding carboxylic acids is 2. The maximum Gasteiger partial charge on any atom is 0.223 e. The van der Waals surface area contributed by atoms with Gasteiger partial charge in [0.2, 0.25) is 11.8 Å². The molecular formula is C27H32FN5O2. The number of aromatic nitrogens is 2. The zero-order valence-corrected chi connectivity index (χ0v) is 19.8. The second kappa shape index (κ2) is 12.3. The van der Waals surface area contributed by atoms with Crippen molar-refractivity contribution in [1.82, 2.24) is 25.7 Å². The van der Waals surface area contributed by atoms with E-state index in [9.17, 15) is 14.0 Å². The third-order valence-corrected chi connectivity index (χ3v) is 6.42. The molecule has 1 aliphatic rings. The van der Waals surface area contributed by atoms with Crippen LogP contribution in [0.15, 0.2) is 60.8 Å². The number of aromatic amines is 1. The molecule has 184 valence electrons. The molecule has 3 N–H and O–H groups in total. The molecule has 0 radical (unpaired) electrons. The predicted octanol–water partition coefficient (Wildman–Crippen LogP) is 3.64. The molecule has 1 unspecified atom stereocenters. The topological polar surface area (TPSA) is 90.1 Å². The van der Waals surface area contributed by atoms with Gasteiger partial charge in [0.05, 0.1) is 11.9 Å². The summed E-state index contributed by atoms with van der Waals surface area (Å²) in [5, 5.41) is 13.2. The molecule has 7 nitrogen and oxygen atoms in total. The number of nitrogens with one attached hydrogen (secondary N) is 3. The average molecular weight is 478 g/mol. The molecule has 1 saturated heterocycles. The van der Waals surface area contributed by atoms with Crippen LogP contribution >= 0.6 is 0 Å². The monoisotopic (exact) mass is 477 g/mol. The van der Waals surface area contributed by atoms with Crippen LogP contribution in [-0.2, 0) is 22.7 Å². The van der Waals surface area contributed by atoms with Gasteiger partial charge in [0.1, 0.15) is 5.82 Å². The SMILES string of the molecule is O=C1CCN(Cc2cn[nH]c2-c2ccc(F)cc2)CCCC(C(=O)NCc2ccccc2)CCN1. The maximum absolute atomic E-state index is 13.3. The van der Waals surface area contributed by atoms with Crippen LogP contribution in [0.1, 0.15) is 36.8 Å². The van der Waals surface area contributed by atoms with Gasteiger partial charge in [-0.05, 0) is 55.6 Å². The Morgan fingerprint density at radius 3 is 2.69 bits per heavy atom. The number of rotatable bonds is 6. The summed E-state index contributed by atoms with van der Waals surface area (Å²) >= 11 is 0. The van der Waals surface area contributed by atoms with Crippen molar-refractivity contribution in [3.05, 3.63) is 77.7 Å². The van der Waals surface area contributed by atoms with E-state index in [-0.39, 0.29) is 23.5 Å². The Balaban J connectivity index is 1.38. The van der Waals surface area contributed by atoms with Crippen LogP contribution in [-0.4, -0.2) is 46.5 Å². The van der Waals surface area contributed by atoms with Gasteiger partial charge in [-0.2, -0.15) is 5.10 Å². The molecule has 1 fully saturated rings. The minimum absolute atomic E-state index is 0.00806. The lowest BCUT2D eigenvalue weighted by Crippen LogP contribution is -2.33. The first-order valence-corrected chi connectivity index (χ1v) is 12.2. The lowest BCUT2D eigenvalue weighted by atomic mass is 9.97. The van der Waals surface area contributed by atoms with Gasteiger partial charge in [-0.3, -0.25) is 19.6 Å². The molecule has 2 amide bonds. The van der Waals surface area contributed by atoms with E-state index in [1.165, 1.54) is 12.1 Å². The van der Waals surface area contributed by atoms with Crippen molar-refractivity contribution in [3.8, 4) is 11.3 Å². The van der Waals surface area contributed by atoms with Crippen molar-refractivity contribution in [2.75, 3.05) is 19.6 Å². The Kier molecular flexibility index (Phi) is 8.62. The van der Waals surface area contributed by atoms with E-state index in [2.05, 4.69) is 25.7 Å². The number of carbonyl (C=O) groups is 2. The summed E-state index contributed by atoms with van der Waals surface area (Å²) in [6, 6.07) is 16.2. The first-order chi connectivity index (χ1) is 17.1. The fourth-order valence-electron chi connectivity index (χ4n) is 4.44. The number of nitrogens with zero attached hydrogens (tertiary/aromatic N) is 2. The van der Waals surface area contributed by atoms with Gasteiger partial charge in [-0.15, -0.1) is 0 Å². The number of amides is 2. The van der Waals surface area contributed by atoms with Gasteiger partial charge < -0.3 is 10.6 Å². The number of hydrogen-bond acceptors (Lipinski definition) is 4. The normalized spacial score (nSPS) is 17.9. The van der Waals surface area contributed by atoms with E-state index in [1.807, 2.05) is 30.3 Å². The van der Waals surface area contributed by atoms with Crippen LogP contribution in [0, 0.1) is 11.7 Å². The summed E-state index contributed by atoms with van der Waals surface area (Å²) in [4.78, 5) is 27.5. The van der Waals surface area contributed by atoms with Crippen molar-refractivity contribution < 1.29 is 14.0 Å². The van der Waals surface area contributed by atoms with Gasteiger partial charge in [-0.1, -0.05) is 30.3 Å². The quantitative estimate of drug-likeness (QED) is 0.506. The van der Waals surface area contributed by atoms with Crippen LogP contribution < -0.4 is 10.6 Å². The van der Waals surface area contributed by atoms with Crippen LogP contribution in [0.25, 0.3) is 11.3 Å². The van der Waals surface area contributed by atoms with Gasteiger partial charge in [-0.25, -0.2) is 4.39 Å². The Morgan fingerprint density at radius 2 is 1.89 bits per heavy atom. The molecule has 35 heavy (non-hydrogen) atoms. The smallest absolute Gasteiger partial charge is 0.223 e. The highest BCUT2D eigenvalue weighted by Crippen LogP contribution is 2.23. The molecule has 0 saturated carbocycles. The Labute approximate surface area is 205 Å². The molecule has 1 aromatic heterocycles. The second-order valence-corrected chi connectivity index (χ2v) is 8.98. The summed E-state index contributed by atoms with van der Waals surface area (Å²) in [5.41, 5.74) is 3.77. The largest absolute Gasteiger partial charge is 0.356 e. The van der Waals surface area contributed by atoms with E-state index in [0.717, 1.165) is 41.8 Å². The highest BCUT2D eigenvalue weighted by atomic mass is 19.1. The van der Waals surface area contributed by atoms with Gasteiger partial charge in [0, 0.05) is 49.6 Å². The summed E-state index contributed by atoms with van der Waals surface area (Å²) in [6.45, 7) is 3.00. The fraction of sp³-hybridized carbons (Fsp3) is 0.370. The average Bonchev–Trinajstić information content (AvgIpc) is 3.32. The zero-order valence-electron chi connectivity index (χ0n) is 19.8. The fourth-order valence-corrected chi connectivity index (χ4v) is 4.44. The molecule has 2 aromatic carbocycles. The van der Waals surface area contributed by atoms with Crippen molar-refractivity contribution in [2.45, 2.75) is 38.8 Å². The third kappa shape index (κ3) is 7.23.